The van der Waals surface area contributed by atoms with Crippen LogP contribution in [-0.4, -0.2) is 30.9 Å². The molecule has 0 atom stereocenters. The van der Waals surface area contributed by atoms with Crippen molar-refractivity contribution in [2.75, 3.05) is 18.1 Å². The van der Waals surface area contributed by atoms with Gasteiger partial charge in [-0.3, -0.25) is 25.2 Å². The first kappa shape index (κ1) is 23.1. The van der Waals surface area contributed by atoms with Crippen LogP contribution in [0.3, 0.4) is 0 Å². The number of carbonyl (C=O) groups excluding carboxylic acids is 3. The lowest BCUT2D eigenvalue weighted by molar-refractivity contribution is -0.122. The second kappa shape index (κ2) is 10.7. The van der Waals surface area contributed by atoms with Crippen molar-refractivity contribution < 1.29 is 23.9 Å². The molecule has 0 radical (unpaired) electrons. The standard InChI is InChI=1S/C25H22ClN3O5/c26-19-9-11-20(12-10-19)33-15-17-5-7-18(8-6-17)25(32)28-27-23(30)13-14-29-21-3-1-2-4-22(21)34-16-24(29)31/h1-12H,13-16H2,(H,27,30)(H,28,32). The van der Waals surface area contributed by atoms with Crippen molar-refractivity contribution in [3.8, 4) is 11.5 Å². The van der Waals surface area contributed by atoms with E-state index < -0.39 is 11.8 Å². The first-order valence-electron chi connectivity index (χ1n) is 10.6. The predicted octanol–water partition coefficient (Wildman–Crippen LogP) is 3.50. The average molecular weight is 480 g/mol. The van der Waals surface area contributed by atoms with Crippen LogP contribution < -0.4 is 25.2 Å². The number of hydrogen-bond acceptors (Lipinski definition) is 5. The Bertz CT molecular complexity index is 1180. The number of nitrogens with one attached hydrogen (secondary N) is 2. The van der Waals surface area contributed by atoms with Gasteiger partial charge in [-0.25, -0.2) is 0 Å². The summed E-state index contributed by atoms with van der Waals surface area (Å²) in [6.07, 6.45) is 0.0152. The highest BCUT2D eigenvalue weighted by Gasteiger charge is 2.25. The second-order valence-electron chi connectivity index (χ2n) is 7.49. The summed E-state index contributed by atoms with van der Waals surface area (Å²) >= 11 is 5.86. The molecule has 34 heavy (non-hydrogen) atoms. The molecule has 0 bridgehead atoms. The normalized spacial score (nSPS) is 12.4. The Morgan fingerprint density at radius 2 is 1.71 bits per heavy atom. The van der Waals surface area contributed by atoms with Gasteiger partial charge in [-0.2, -0.15) is 0 Å². The van der Waals surface area contributed by atoms with Gasteiger partial charge in [0.25, 0.3) is 11.8 Å². The summed E-state index contributed by atoms with van der Waals surface area (Å²) in [5.41, 5.74) is 6.65. The zero-order valence-corrected chi connectivity index (χ0v) is 18.9. The number of ether oxygens (including phenoxy) is 2. The molecule has 0 spiro atoms. The van der Waals surface area contributed by atoms with Gasteiger partial charge < -0.3 is 14.4 Å². The molecule has 8 nitrogen and oxygen atoms in total. The number of hydrazine groups is 1. The van der Waals surface area contributed by atoms with Crippen LogP contribution in [0.5, 0.6) is 11.5 Å². The van der Waals surface area contributed by atoms with Gasteiger partial charge in [-0.15, -0.1) is 0 Å². The SMILES string of the molecule is O=C(CCN1C(=O)COc2ccccc21)NNC(=O)c1ccc(COc2ccc(Cl)cc2)cc1. The number of anilines is 1. The Labute approximate surface area is 201 Å². The van der Waals surface area contributed by atoms with Crippen molar-refractivity contribution in [2.45, 2.75) is 13.0 Å². The molecule has 0 saturated heterocycles. The molecule has 9 heteroatoms. The number of fused-ring (bicyclic) bond motifs is 1. The Balaban J connectivity index is 1.23. The fourth-order valence-corrected chi connectivity index (χ4v) is 3.45. The highest BCUT2D eigenvalue weighted by atomic mass is 35.5. The lowest BCUT2D eigenvalue weighted by Crippen LogP contribution is -2.44. The number of para-hydroxylation sites is 2. The Morgan fingerprint density at radius 3 is 2.47 bits per heavy atom. The van der Waals surface area contributed by atoms with Crippen molar-refractivity contribution in [1.29, 1.82) is 0 Å². The summed E-state index contributed by atoms with van der Waals surface area (Å²) in [5, 5.41) is 0.634. The maximum atomic E-state index is 12.3. The summed E-state index contributed by atoms with van der Waals surface area (Å²) < 4.78 is 11.1. The number of nitrogens with zero attached hydrogens (tertiary/aromatic N) is 1. The maximum absolute atomic E-state index is 12.3. The van der Waals surface area contributed by atoms with Crippen molar-refractivity contribution >= 4 is 35.0 Å². The van der Waals surface area contributed by atoms with Crippen LogP contribution in [-0.2, 0) is 16.2 Å². The van der Waals surface area contributed by atoms with Gasteiger partial charge in [-0.05, 0) is 54.1 Å². The van der Waals surface area contributed by atoms with Crippen LogP contribution in [0.4, 0.5) is 5.69 Å². The molecule has 0 aliphatic carbocycles. The molecule has 1 aliphatic heterocycles. The number of carbonyl (C=O) groups is 3. The molecule has 0 saturated carbocycles. The van der Waals surface area contributed by atoms with Crippen molar-refractivity contribution in [1.82, 2.24) is 10.9 Å². The number of rotatable bonds is 7. The van der Waals surface area contributed by atoms with Crippen LogP contribution in [0.1, 0.15) is 22.3 Å². The fraction of sp³-hybridized carbons (Fsp3) is 0.160. The molecular weight excluding hydrogens is 458 g/mol. The van der Waals surface area contributed by atoms with Gasteiger partial charge in [-0.1, -0.05) is 35.9 Å². The number of hydrogen-bond donors (Lipinski definition) is 2. The molecule has 3 aromatic rings. The first-order chi connectivity index (χ1) is 16.5. The van der Waals surface area contributed by atoms with Crippen LogP contribution in [0.2, 0.25) is 5.02 Å². The van der Waals surface area contributed by atoms with E-state index in [4.69, 9.17) is 21.1 Å². The van der Waals surface area contributed by atoms with Crippen molar-refractivity contribution in [3.05, 3.63) is 88.9 Å². The fourth-order valence-electron chi connectivity index (χ4n) is 3.32. The lowest BCUT2D eigenvalue weighted by Gasteiger charge is -2.29. The summed E-state index contributed by atoms with van der Waals surface area (Å²) in [6, 6.07) is 21.0. The predicted molar refractivity (Wildman–Crippen MR) is 127 cm³/mol. The Kier molecular flexibility index (Phi) is 7.29. The molecule has 0 unspecified atom stereocenters. The topological polar surface area (TPSA) is 97.0 Å². The molecule has 1 aliphatic rings. The first-order valence-corrected chi connectivity index (χ1v) is 11.0. The molecule has 0 fully saturated rings. The molecule has 2 N–H and O–H groups in total. The number of halogens is 1. The molecule has 1 heterocycles. The Morgan fingerprint density at radius 1 is 0.971 bits per heavy atom. The van der Waals surface area contributed by atoms with E-state index in [0.717, 1.165) is 5.56 Å². The summed E-state index contributed by atoms with van der Waals surface area (Å²) in [7, 11) is 0. The van der Waals surface area contributed by atoms with E-state index in [2.05, 4.69) is 10.9 Å². The van der Waals surface area contributed by atoms with E-state index in [1.807, 2.05) is 6.07 Å². The number of amides is 3. The van der Waals surface area contributed by atoms with E-state index in [-0.39, 0.29) is 25.5 Å². The summed E-state index contributed by atoms with van der Waals surface area (Å²) in [6.45, 7) is 0.434. The average Bonchev–Trinajstić information content (AvgIpc) is 2.86. The second-order valence-corrected chi connectivity index (χ2v) is 7.93. The minimum Gasteiger partial charge on any atom is -0.489 e. The molecule has 3 aromatic carbocycles. The quantitative estimate of drug-likeness (QED) is 0.505. The monoisotopic (exact) mass is 479 g/mol. The largest absolute Gasteiger partial charge is 0.489 e. The van der Waals surface area contributed by atoms with Gasteiger partial charge in [0.15, 0.2) is 6.61 Å². The highest BCUT2D eigenvalue weighted by molar-refractivity contribution is 6.30. The van der Waals surface area contributed by atoms with Crippen LogP contribution in [0.25, 0.3) is 0 Å². The van der Waals surface area contributed by atoms with Crippen LogP contribution >= 0.6 is 11.6 Å². The van der Waals surface area contributed by atoms with Crippen LogP contribution in [0.15, 0.2) is 72.8 Å². The Hall–Kier alpha value is -4.04. The van der Waals surface area contributed by atoms with Crippen molar-refractivity contribution in [3.63, 3.8) is 0 Å². The van der Waals surface area contributed by atoms with E-state index >= 15 is 0 Å². The third-order valence-electron chi connectivity index (χ3n) is 5.12. The lowest BCUT2D eigenvalue weighted by atomic mass is 10.1. The third kappa shape index (κ3) is 5.85. The van der Waals surface area contributed by atoms with Gasteiger partial charge in [0, 0.05) is 23.6 Å². The minimum atomic E-state index is -0.452. The van der Waals surface area contributed by atoms with Gasteiger partial charge in [0.05, 0.1) is 5.69 Å². The third-order valence-corrected chi connectivity index (χ3v) is 5.37. The van der Waals surface area contributed by atoms with E-state index in [1.54, 1.807) is 66.7 Å². The zero-order valence-electron chi connectivity index (χ0n) is 18.1. The smallest absolute Gasteiger partial charge is 0.269 e. The van der Waals surface area contributed by atoms with Gasteiger partial charge in [0.1, 0.15) is 18.1 Å². The number of benzene rings is 3. The zero-order chi connectivity index (χ0) is 23.9. The molecule has 174 valence electrons. The molecule has 3 amide bonds. The van der Waals surface area contributed by atoms with E-state index in [9.17, 15) is 14.4 Å². The van der Waals surface area contributed by atoms with Crippen LogP contribution in [0, 0.1) is 0 Å². The summed E-state index contributed by atoms with van der Waals surface area (Å²) in [4.78, 5) is 38.2. The molecule has 0 aromatic heterocycles. The highest BCUT2D eigenvalue weighted by Crippen LogP contribution is 2.31. The van der Waals surface area contributed by atoms with Gasteiger partial charge in [0.2, 0.25) is 5.91 Å². The minimum absolute atomic E-state index is 0.0152. The van der Waals surface area contributed by atoms with Crippen molar-refractivity contribution in [2.24, 2.45) is 0 Å². The van der Waals surface area contributed by atoms with E-state index in [1.165, 1.54) is 4.90 Å². The summed E-state index contributed by atoms with van der Waals surface area (Å²) in [5.74, 6) is 0.189. The van der Waals surface area contributed by atoms with Gasteiger partial charge >= 0.3 is 0 Å². The maximum Gasteiger partial charge on any atom is 0.269 e. The van der Waals surface area contributed by atoms with E-state index in [0.29, 0.717) is 34.4 Å². The molecular formula is C25H22ClN3O5. The molecule has 4 rings (SSSR count).